The minimum absolute atomic E-state index is 0.0917. The lowest BCUT2D eigenvalue weighted by molar-refractivity contribution is -0.139. The van der Waals surface area contributed by atoms with Crippen LogP contribution in [0.4, 0.5) is 13.2 Å². The van der Waals surface area contributed by atoms with Crippen LogP contribution in [-0.4, -0.2) is 12.6 Å². The summed E-state index contributed by atoms with van der Waals surface area (Å²) in [6.07, 6.45) is 2.36. The number of hydrogen-bond acceptors (Lipinski definition) is 2. The van der Waals surface area contributed by atoms with Crippen molar-refractivity contribution in [3.05, 3.63) is 41.2 Å². The van der Waals surface area contributed by atoms with Crippen molar-refractivity contribution in [2.45, 2.75) is 6.92 Å². The highest BCUT2D eigenvalue weighted by Crippen LogP contribution is 2.15. The molecule has 0 aliphatic heterocycles. The minimum atomic E-state index is -1.00. The van der Waals surface area contributed by atoms with Crippen LogP contribution < -0.4 is 0 Å². The van der Waals surface area contributed by atoms with Gasteiger partial charge in [-0.1, -0.05) is 0 Å². The summed E-state index contributed by atoms with van der Waals surface area (Å²) in [4.78, 5) is 10.4. The van der Waals surface area contributed by atoms with E-state index < -0.39 is 23.4 Å². The maximum absolute atomic E-state index is 13.1. The molecule has 0 amide bonds. The summed E-state index contributed by atoms with van der Waals surface area (Å²) >= 11 is 0. The number of esters is 1. The third-order valence-electron chi connectivity index (χ3n) is 1.71. The summed E-state index contributed by atoms with van der Waals surface area (Å²) < 4.78 is 43.2. The predicted octanol–water partition coefficient (Wildman–Crippen LogP) is 2.68. The van der Waals surface area contributed by atoms with Gasteiger partial charge in [0.1, 0.15) is 24.1 Å². The van der Waals surface area contributed by atoms with Gasteiger partial charge in [-0.15, -0.1) is 0 Å². The average molecular weight is 230 g/mol. The van der Waals surface area contributed by atoms with Crippen molar-refractivity contribution < 1.29 is 22.7 Å². The van der Waals surface area contributed by atoms with Crippen molar-refractivity contribution in [1.29, 1.82) is 0 Å². The summed E-state index contributed by atoms with van der Waals surface area (Å²) in [5.41, 5.74) is -0.367. The average Bonchev–Trinajstić information content (AvgIpc) is 2.14. The fourth-order valence-electron chi connectivity index (χ4n) is 1.04. The van der Waals surface area contributed by atoms with Gasteiger partial charge in [-0.05, 0) is 12.2 Å². The fourth-order valence-corrected chi connectivity index (χ4v) is 1.04. The molecule has 0 unspecified atom stereocenters. The van der Waals surface area contributed by atoms with Gasteiger partial charge in [-0.2, -0.15) is 0 Å². The first-order chi connectivity index (χ1) is 7.50. The maximum atomic E-state index is 13.1. The normalized spacial score (nSPS) is 10.8. The maximum Gasteiger partial charge on any atom is 0.302 e. The Kier molecular flexibility index (Phi) is 4.10. The molecule has 2 nitrogen and oxygen atoms in total. The van der Waals surface area contributed by atoms with Crippen LogP contribution in [0.25, 0.3) is 6.08 Å². The van der Waals surface area contributed by atoms with Gasteiger partial charge < -0.3 is 4.74 Å². The Morgan fingerprint density at radius 3 is 2.38 bits per heavy atom. The summed E-state index contributed by atoms with van der Waals surface area (Å²) in [6, 6.07) is 1.16. The standard InChI is InChI=1S/C11H9F3O2/c1-7(15)16-4-2-3-9-10(13)5-8(12)6-11(9)14/h2-3,5-6H,4H2,1H3/b3-2+. The SMILES string of the molecule is CC(=O)OC/C=C/c1c(F)cc(F)cc1F. The molecule has 0 saturated heterocycles. The molecule has 16 heavy (non-hydrogen) atoms. The van der Waals surface area contributed by atoms with Crippen molar-refractivity contribution >= 4 is 12.0 Å². The quantitative estimate of drug-likeness (QED) is 0.746. The zero-order valence-corrected chi connectivity index (χ0v) is 8.47. The van der Waals surface area contributed by atoms with Gasteiger partial charge in [0.15, 0.2) is 0 Å². The molecule has 0 saturated carbocycles. The van der Waals surface area contributed by atoms with E-state index >= 15 is 0 Å². The molecular weight excluding hydrogens is 221 g/mol. The summed E-state index contributed by atoms with van der Waals surface area (Å²) in [7, 11) is 0. The van der Waals surface area contributed by atoms with Crippen LogP contribution in [0.5, 0.6) is 0 Å². The second-order valence-corrected chi connectivity index (χ2v) is 2.99. The number of carbonyl (C=O) groups excluding carboxylic acids is 1. The molecular formula is C11H9F3O2. The number of ether oxygens (including phenoxy) is 1. The summed E-state index contributed by atoms with van der Waals surface area (Å²) in [6.45, 7) is 1.12. The van der Waals surface area contributed by atoms with E-state index in [0.29, 0.717) is 12.1 Å². The van der Waals surface area contributed by atoms with Gasteiger partial charge in [-0.3, -0.25) is 4.79 Å². The Morgan fingerprint density at radius 2 is 1.88 bits per heavy atom. The number of hydrogen-bond donors (Lipinski definition) is 0. The summed E-state index contributed by atoms with van der Waals surface area (Å²) in [5, 5.41) is 0. The number of carbonyl (C=O) groups is 1. The van der Waals surface area contributed by atoms with Gasteiger partial charge >= 0.3 is 5.97 Å². The topological polar surface area (TPSA) is 26.3 Å². The Labute approximate surface area is 90.3 Å². The molecule has 0 radical (unpaired) electrons. The molecule has 0 aliphatic rings. The van der Waals surface area contributed by atoms with Gasteiger partial charge in [0, 0.05) is 24.6 Å². The number of rotatable bonds is 3. The third kappa shape index (κ3) is 3.42. The zero-order chi connectivity index (χ0) is 12.1. The lowest BCUT2D eigenvalue weighted by atomic mass is 10.2. The second kappa shape index (κ2) is 5.34. The van der Waals surface area contributed by atoms with Gasteiger partial charge in [0.05, 0.1) is 0 Å². The fraction of sp³-hybridized carbons (Fsp3) is 0.182. The Balaban J connectivity index is 2.77. The van der Waals surface area contributed by atoms with Crippen molar-refractivity contribution in [3.63, 3.8) is 0 Å². The Hall–Kier alpha value is -1.78. The first-order valence-corrected chi connectivity index (χ1v) is 4.45. The van der Waals surface area contributed by atoms with Crippen LogP contribution in [0.15, 0.2) is 18.2 Å². The monoisotopic (exact) mass is 230 g/mol. The van der Waals surface area contributed by atoms with Crippen molar-refractivity contribution in [3.8, 4) is 0 Å². The zero-order valence-electron chi connectivity index (χ0n) is 8.47. The molecule has 1 rings (SSSR count). The van der Waals surface area contributed by atoms with E-state index in [1.54, 1.807) is 0 Å². The van der Waals surface area contributed by atoms with E-state index in [4.69, 9.17) is 0 Å². The highest BCUT2D eigenvalue weighted by molar-refractivity contribution is 5.66. The highest BCUT2D eigenvalue weighted by Gasteiger charge is 2.08. The van der Waals surface area contributed by atoms with Crippen LogP contribution in [-0.2, 0) is 9.53 Å². The molecule has 0 bridgehead atoms. The molecule has 0 spiro atoms. The lowest BCUT2D eigenvalue weighted by Gasteiger charge is -2.00. The van der Waals surface area contributed by atoms with Gasteiger partial charge in [0.25, 0.3) is 0 Å². The molecule has 0 atom stereocenters. The first kappa shape index (κ1) is 12.3. The molecule has 1 aromatic rings. The van der Waals surface area contributed by atoms with Crippen LogP contribution in [0.2, 0.25) is 0 Å². The van der Waals surface area contributed by atoms with Crippen LogP contribution in [0.3, 0.4) is 0 Å². The molecule has 1 aromatic carbocycles. The first-order valence-electron chi connectivity index (χ1n) is 4.45. The van der Waals surface area contributed by atoms with Crippen molar-refractivity contribution in [2.24, 2.45) is 0 Å². The molecule has 0 aromatic heterocycles. The van der Waals surface area contributed by atoms with Crippen LogP contribution in [0.1, 0.15) is 12.5 Å². The van der Waals surface area contributed by atoms with Crippen LogP contribution >= 0.6 is 0 Å². The minimum Gasteiger partial charge on any atom is -0.462 e. The van der Waals surface area contributed by atoms with E-state index in [1.165, 1.54) is 13.0 Å². The molecule has 0 N–H and O–H groups in total. The Morgan fingerprint density at radius 1 is 1.31 bits per heavy atom. The van der Waals surface area contributed by atoms with Crippen molar-refractivity contribution in [1.82, 2.24) is 0 Å². The van der Waals surface area contributed by atoms with E-state index in [2.05, 4.69) is 4.74 Å². The van der Waals surface area contributed by atoms with Crippen molar-refractivity contribution in [2.75, 3.05) is 6.61 Å². The smallest absolute Gasteiger partial charge is 0.302 e. The largest absolute Gasteiger partial charge is 0.462 e. The molecule has 5 heteroatoms. The van der Waals surface area contributed by atoms with E-state index in [-0.39, 0.29) is 12.2 Å². The van der Waals surface area contributed by atoms with E-state index in [1.807, 2.05) is 0 Å². The molecule has 0 heterocycles. The number of benzene rings is 1. The lowest BCUT2D eigenvalue weighted by Crippen LogP contribution is -1.98. The molecule has 0 fully saturated rings. The molecule has 0 aliphatic carbocycles. The summed E-state index contributed by atoms with van der Waals surface area (Å²) in [5.74, 6) is -3.48. The third-order valence-corrected chi connectivity index (χ3v) is 1.71. The van der Waals surface area contributed by atoms with E-state index in [0.717, 1.165) is 6.08 Å². The van der Waals surface area contributed by atoms with Gasteiger partial charge in [-0.25, -0.2) is 13.2 Å². The van der Waals surface area contributed by atoms with Gasteiger partial charge in [0.2, 0.25) is 0 Å². The van der Waals surface area contributed by atoms with E-state index in [9.17, 15) is 18.0 Å². The van der Waals surface area contributed by atoms with Crippen LogP contribution in [0, 0.1) is 17.5 Å². The highest BCUT2D eigenvalue weighted by atomic mass is 19.1. The Bertz CT molecular complexity index is 404. The second-order valence-electron chi connectivity index (χ2n) is 2.99. The number of halogens is 3. The molecule has 86 valence electrons. The predicted molar refractivity (Wildman–Crippen MR) is 52.0 cm³/mol.